The minimum atomic E-state index is -0.236. The number of hydrazine groups is 1. The van der Waals surface area contributed by atoms with Crippen LogP contribution in [0.5, 0.6) is 0 Å². The molecule has 1 amide bonds. The summed E-state index contributed by atoms with van der Waals surface area (Å²) >= 11 is 0. The summed E-state index contributed by atoms with van der Waals surface area (Å²) in [6, 6.07) is 6.54. The lowest BCUT2D eigenvalue weighted by molar-refractivity contribution is -0.134. The molecule has 1 aromatic rings. The van der Waals surface area contributed by atoms with Crippen LogP contribution in [0.15, 0.2) is 59.0 Å². The van der Waals surface area contributed by atoms with Gasteiger partial charge in [-0.1, -0.05) is 33.6 Å². The molecule has 0 bridgehead atoms. The lowest BCUT2D eigenvalue weighted by Gasteiger charge is -2.32. The summed E-state index contributed by atoms with van der Waals surface area (Å²) in [7, 11) is 0. The standard InChI is InChI=1S/C26H34FN3O/c1-4-6-14-29(15-7-5-2)26(31)22-13-8-19-16-24-23(18(3)25(19)22)17-28-30(24)21-11-9-20(27)10-12-21/h9-12,16-18,22,28H,4-8,13-15H2,1-3H3/t18-,22-/m0/s1. The fraction of sp³-hybridized carbons (Fsp3) is 0.500. The van der Waals surface area contributed by atoms with E-state index < -0.39 is 0 Å². The van der Waals surface area contributed by atoms with Gasteiger partial charge in [-0.05, 0) is 67.2 Å². The van der Waals surface area contributed by atoms with E-state index in [-0.39, 0.29) is 17.7 Å². The third-order valence-electron chi connectivity index (χ3n) is 6.84. The molecule has 0 aromatic heterocycles. The minimum absolute atomic E-state index is 0.00252. The number of rotatable bonds is 8. The highest BCUT2D eigenvalue weighted by atomic mass is 19.1. The molecule has 1 N–H and O–H groups in total. The van der Waals surface area contributed by atoms with Crippen LogP contribution in [0.2, 0.25) is 0 Å². The molecule has 0 spiro atoms. The number of unbranched alkanes of at least 4 members (excludes halogenated alkanes) is 2. The number of amides is 1. The number of hydrogen-bond donors (Lipinski definition) is 1. The van der Waals surface area contributed by atoms with Crippen molar-refractivity contribution in [3.63, 3.8) is 0 Å². The molecule has 5 heteroatoms. The summed E-state index contributed by atoms with van der Waals surface area (Å²) in [5.74, 6) is 0.276. The van der Waals surface area contributed by atoms with E-state index in [0.29, 0.717) is 5.91 Å². The first-order chi connectivity index (χ1) is 15.0. The SMILES string of the molecule is CCCCN(CCCC)C(=O)[C@H]1CCC2=C1[C@@H](C)C1=CNN(c3ccc(F)cc3)C1=C2. The van der Waals surface area contributed by atoms with Crippen LogP contribution in [0.1, 0.15) is 59.3 Å². The number of carbonyl (C=O) groups is 1. The van der Waals surface area contributed by atoms with Crippen molar-refractivity contribution in [3.05, 3.63) is 64.8 Å². The Labute approximate surface area is 185 Å². The number of fused-ring (bicyclic) bond motifs is 1. The molecule has 3 aliphatic rings. The van der Waals surface area contributed by atoms with E-state index in [0.717, 1.165) is 63.0 Å². The van der Waals surface area contributed by atoms with Crippen LogP contribution in [0.25, 0.3) is 0 Å². The van der Waals surface area contributed by atoms with Crippen molar-refractivity contribution in [2.24, 2.45) is 11.8 Å². The smallest absolute Gasteiger partial charge is 0.229 e. The number of halogens is 1. The molecule has 0 saturated carbocycles. The Hall–Kier alpha value is -2.56. The zero-order valence-electron chi connectivity index (χ0n) is 19.0. The van der Waals surface area contributed by atoms with Crippen molar-refractivity contribution in [2.75, 3.05) is 18.1 Å². The van der Waals surface area contributed by atoms with E-state index in [1.807, 2.05) is 11.2 Å². The first-order valence-corrected chi connectivity index (χ1v) is 11.8. The number of nitrogens with one attached hydrogen (secondary N) is 1. The highest BCUT2D eigenvalue weighted by Crippen LogP contribution is 2.48. The van der Waals surface area contributed by atoms with Crippen molar-refractivity contribution >= 4 is 11.6 Å². The number of nitrogens with zero attached hydrogens (tertiary/aromatic N) is 2. The third-order valence-corrected chi connectivity index (χ3v) is 6.84. The second-order valence-electron chi connectivity index (χ2n) is 8.90. The molecule has 0 radical (unpaired) electrons. The molecule has 1 heterocycles. The largest absolute Gasteiger partial charge is 0.342 e. The van der Waals surface area contributed by atoms with Gasteiger partial charge in [0.15, 0.2) is 0 Å². The summed E-state index contributed by atoms with van der Waals surface area (Å²) in [6.07, 6.45) is 10.5. The molecule has 2 atom stereocenters. The molecule has 0 saturated heterocycles. The van der Waals surface area contributed by atoms with E-state index in [1.165, 1.54) is 28.9 Å². The maximum absolute atomic E-state index is 13.6. The molecule has 31 heavy (non-hydrogen) atoms. The predicted molar refractivity (Wildman–Crippen MR) is 123 cm³/mol. The van der Waals surface area contributed by atoms with Crippen LogP contribution in [0, 0.1) is 17.7 Å². The van der Waals surface area contributed by atoms with Crippen molar-refractivity contribution in [3.8, 4) is 0 Å². The van der Waals surface area contributed by atoms with Crippen molar-refractivity contribution < 1.29 is 9.18 Å². The molecule has 0 fully saturated rings. The van der Waals surface area contributed by atoms with Gasteiger partial charge < -0.3 is 10.3 Å². The number of anilines is 1. The van der Waals surface area contributed by atoms with Gasteiger partial charge in [-0.2, -0.15) is 0 Å². The van der Waals surface area contributed by atoms with Crippen LogP contribution >= 0.6 is 0 Å². The first-order valence-electron chi connectivity index (χ1n) is 11.8. The second kappa shape index (κ2) is 9.29. The Morgan fingerprint density at radius 2 is 1.84 bits per heavy atom. The highest BCUT2D eigenvalue weighted by Gasteiger charge is 2.41. The molecule has 4 nitrogen and oxygen atoms in total. The molecular formula is C26H34FN3O. The minimum Gasteiger partial charge on any atom is -0.342 e. The van der Waals surface area contributed by atoms with Crippen LogP contribution < -0.4 is 10.4 Å². The molecule has 1 aliphatic heterocycles. The quantitative estimate of drug-likeness (QED) is 0.582. The number of carbonyl (C=O) groups excluding carboxylic acids is 1. The van der Waals surface area contributed by atoms with E-state index in [4.69, 9.17) is 0 Å². The van der Waals surface area contributed by atoms with Crippen LogP contribution in [0.4, 0.5) is 10.1 Å². The number of benzene rings is 1. The van der Waals surface area contributed by atoms with Crippen molar-refractivity contribution in [1.82, 2.24) is 10.3 Å². The fourth-order valence-corrected chi connectivity index (χ4v) is 5.10. The normalized spacial score (nSPS) is 22.0. The Morgan fingerprint density at radius 1 is 1.16 bits per heavy atom. The monoisotopic (exact) mass is 423 g/mol. The summed E-state index contributed by atoms with van der Waals surface area (Å²) in [5.41, 5.74) is 9.17. The predicted octanol–water partition coefficient (Wildman–Crippen LogP) is 5.70. The maximum atomic E-state index is 13.6. The van der Waals surface area contributed by atoms with Gasteiger partial charge in [-0.3, -0.25) is 9.80 Å². The van der Waals surface area contributed by atoms with Gasteiger partial charge in [-0.15, -0.1) is 0 Å². The summed E-state index contributed by atoms with van der Waals surface area (Å²) in [4.78, 5) is 15.7. The van der Waals surface area contributed by atoms with Crippen molar-refractivity contribution in [1.29, 1.82) is 0 Å². The Kier molecular flexibility index (Phi) is 6.49. The molecule has 2 aliphatic carbocycles. The van der Waals surface area contributed by atoms with Gasteiger partial charge in [0.25, 0.3) is 0 Å². The third kappa shape index (κ3) is 4.15. The van der Waals surface area contributed by atoms with Crippen LogP contribution in [0.3, 0.4) is 0 Å². The lowest BCUT2D eigenvalue weighted by Crippen LogP contribution is -2.38. The van der Waals surface area contributed by atoms with E-state index >= 15 is 0 Å². The average Bonchev–Trinajstić information content (AvgIpc) is 3.39. The van der Waals surface area contributed by atoms with Crippen molar-refractivity contribution in [2.45, 2.75) is 59.3 Å². The van der Waals surface area contributed by atoms with Gasteiger partial charge in [0.1, 0.15) is 5.82 Å². The van der Waals surface area contributed by atoms with Gasteiger partial charge >= 0.3 is 0 Å². The molecule has 166 valence electrons. The van der Waals surface area contributed by atoms with E-state index in [2.05, 4.69) is 37.2 Å². The highest BCUT2D eigenvalue weighted by molar-refractivity contribution is 5.84. The van der Waals surface area contributed by atoms with Gasteiger partial charge in [0.2, 0.25) is 5.91 Å². The zero-order valence-corrected chi connectivity index (χ0v) is 19.0. The Bertz CT molecular complexity index is 907. The molecule has 4 rings (SSSR count). The van der Waals surface area contributed by atoms with E-state index in [9.17, 15) is 9.18 Å². The lowest BCUT2D eigenvalue weighted by atomic mass is 9.80. The number of allylic oxidation sites excluding steroid dienone is 3. The molecule has 0 unspecified atom stereocenters. The summed E-state index contributed by atoms with van der Waals surface area (Å²) < 4.78 is 13.4. The van der Waals surface area contributed by atoms with Gasteiger partial charge in [0, 0.05) is 30.8 Å². The average molecular weight is 424 g/mol. The van der Waals surface area contributed by atoms with Crippen LogP contribution in [-0.2, 0) is 4.79 Å². The topological polar surface area (TPSA) is 35.6 Å². The second-order valence-corrected chi connectivity index (χ2v) is 8.90. The fourth-order valence-electron chi connectivity index (χ4n) is 5.10. The molecular weight excluding hydrogens is 389 g/mol. The maximum Gasteiger partial charge on any atom is 0.229 e. The summed E-state index contributed by atoms with van der Waals surface area (Å²) in [5, 5.41) is 2.01. The van der Waals surface area contributed by atoms with E-state index in [1.54, 1.807) is 12.1 Å². The summed E-state index contributed by atoms with van der Waals surface area (Å²) in [6.45, 7) is 8.32. The van der Waals surface area contributed by atoms with Crippen LogP contribution in [-0.4, -0.2) is 23.9 Å². The molecule has 1 aromatic carbocycles. The zero-order chi connectivity index (χ0) is 22.0. The van der Waals surface area contributed by atoms with Gasteiger partial charge in [-0.25, -0.2) is 4.39 Å². The number of hydrogen-bond acceptors (Lipinski definition) is 3. The Balaban J connectivity index is 1.59. The van der Waals surface area contributed by atoms with Gasteiger partial charge in [0.05, 0.1) is 17.3 Å². The Morgan fingerprint density at radius 3 is 2.48 bits per heavy atom. The first kappa shape index (κ1) is 21.7.